The lowest BCUT2D eigenvalue weighted by molar-refractivity contribution is -0.131. The minimum Gasteiger partial charge on any atom is -0.394 e. The Morgan fingerprint density at radius 3 is 1.48 bits per heavy atom. The highest BCUT2D eigenvalue weighted by atomic mass is 16.3. The van der Waals surface area contributed by atoms with Crippen LogP contribution in [0.1, 0.15) is 168 Å². The molecule has 0 saturated heterocycles. The Balaban J connectivity index is 3.78. The fourth-order valence-corrected chi connectivity index (χ4v) is 5.08. The van der Waals surface area contributed by atoms with Crippen LogP contribution in [0.2, 0.25) is 0 Å². The van der Waals surface area contributed by atoms with Gasteiger partial charge in [-0.2, -0.15) is 0 Å². The van der Waals surface area contributed by atoms with E-state index in [9.17, 15) is 20.1 Å². The molecule has 0 rings (SSSR count). The van der Waals surface area contributed by atoms with Crippen molar-refractivity contribution in [2.75, 3.05) is 6.61 Å². The lowest BCUT2D eigenvalue weighted by Gasteiger charge is -2.21. The van der Waals surface area contributed by atoms with Crippen molar-refractivity contribution in [2.24, 2.45) is 0 Å². The molecule has 0 heterocycles. The maximum absolute atomic E-state index is 12.3. The Bertz CT molecular complexity index is 660. The number of aliphatic hydroxyl groups excluding tert-OH is 3. The monoisotopic (exact) mass is 592 g/mol. The molecule has 246 valence electrons. The van der Waals surface area contributed by atoms with E-state index >= 15 is 0 Å². The molecule has 0 aromatic carbocycles. The van der Waals surface area contributed by atoms with Crippen LogP contribution in [0.5, 0.6) is 0 Å². The largest absolute Gasteiger partial charge is 0.394 e. The summed E-state index contributed by atoms with van der Waals surface area (Å²) in [5.41, 5.74) is 0. The second-order valence-electron chi connectivity index (χ2n) is 12.1. The summed E-state index contributed by atoms with van der Waals surface area (Å²) >= 11 is 0. The van der Waals surface area contributed by atoms with Crippen LogP contribution < -0.4 is 5.32 Å². The summed E-state index contributed by atoms with van der Waals surface area (Å²) in [6, 6.07) is -0.826. The molecule has 3 unspecified atom stereocenters. The molecule has 0 aromatic heterocycles. The Kier molecular flexibility index (Phi) is 31.4. The number of carbonyl (C=O) groups is 1. The number of rotatable bonds is 31. The van der Waals surface area contributed by atoms with Gasteiger partial charge >= 0.3 is 0 Å². The Morgan fingerprint density at radius 2 is 0.976 bits per heavy atom. The number of carbonyl (C=O) groups excluding carboxylic acids is 1. The average Bonchev–Trinajstić information content (AvgIpc) is 2.99. The van der Waals surface area contributed by atoms with Crippen LogP contribution in [-0.4, -0.2) is 46.1 Å². The Morgan fingerprint density at radius 1 is 0.571 bits per heavy atom. The van der Waals surface area contributed by atoms with Crippen LogP contribution >= 0.6 is 0 Å². The van der Waals surface area contributed by atoms with Gasteiger partial charge in [0.1, 0.15) is 6.10 Å². The molecule has 0 fully saturated rings. The molecule has 0 aliphatic rings. The summed E-state index contributed by atoms with van der Waals surface area (Å²) in [5.74, 6) is -0.552. The minimum atomic E-state index is -1.15. The Hall–Kier alpha value is -1.43. The molecule has 0 saturated carbocycles. The standard InChI is InChI=1S/C37H69NO4/c1-3-5-7-9-11-13-14-15-16-17-18-19-20-21-22-23-24-26-27-29-31-35(40)34(33-39)38-37(42)36(41)32-30-28-25-12-10-8-6-4-2/h23-25,28-29,31,34-36,39-41H,3-22,26-27,30,32-33H2,1-2H3,(H,38,42)/b24-23+,28-25-,31-29+. The van der Waals surface area contributed by atoms with Crippen LogP contribution in [0.25, 0.3) is 0 Å². The summed E-state index contributed by atoms with van der Waals surface area (Å²) in [4.78, 5) is 12.3. The van der Waals surface area contributed by atoms with E-state index in [4.69, 9.17) is 0 Å². The normalized spacial score (nSPS) is 14.3. The predicted octanol–water partition coefficient (Wildman–Crippen LogP) is 9.26. The van der Waals surface area contributed by atoms with Gasteiger partial charge in [-0.1, -0.05) is 153 Å². The van der Waals surface area contributed by atoms with Crippen molar-refractivity contribution in [3.63, 3.8) is 0 Å². The molecule has 42 heavy (non-hydrogen) atoms. The fraction of sp³-hybridized carbons (Fsp3) is 0.811. The summed E-state index contributed by atoms with van der Waals surface area (Å²) in [6.45, 7) is 4.08. The number of unbranched alkanes of at least 4 members (excludes halogenated alkanes) is 19. The van der Waals surface area contributed by atoms with E-state index in [1.807, 2.05) is 12.2 Å². The average molecular weight is 592 g/mol. The first-order valence-corrected chi connectivity index (χ1v) is 17.8. The fourth-order valence-electron chi connectivity index (χ4n) is 5.08. The van der Waals surface area contributed by atoms with Crippen LogP contribution in [0.3, 0.4) is 0 Å². The van der Waals surface area contributed by atoms with E-state index in [0.717, 1.165) is 25.7 Å². The van der Waals surface area contributed by atoms with Crippen LogP contribution in [0.4, 0.5) is 0 Å². The summed E-state index contributed by atoms with van der Waals surface area (Å²) in [5, 5.41) is 32.7. The van der Waals surface area contributed by atoms with Gasteiger partial charge in [-0.25, -0.2) is 0 Å². The third-order valence-corrected chi connectivity index (χ3v) is 7.96. The molecule has 0 spiro atoms. The van der Waals surface area contributed by atoms with Crippen molar-refractivity contribution < 1.29 is 20.1 Å². The third kappa shape index (κ3) is 27.4. The van der Waals surface area contributed by atoms with E-state index in [0.29, 0.717) is 12.8 Å². The zero-order valence-corrected chi connectivity index (χ0v) is 27.6. The molecule has 0 radical (unpaired) electrons. The summed E-state index contributed by atoms with van der Waals surface area (Å²) < 4.78 is 0. The molecule has 0 aliphatic carbocycles. The Labute approximate surface area is 260 Å². The number of hydrogen-bond acceptors (Lipinski definition) is 4. The van der Waals surface area contributed by atoms with E-state index in [-0.39, 0.29) is 6.61 Å². The van der Waals surface area contributed by atoms with E-state index in [1.165, 1.54) is 116 Å². The van der Waals surface area contributed by atoms with Gasteiger partial charge in [0.05, 0.1) is 18.8 Å². The molecular weight excluding hydrogens is 522 g/mol. The van der Waals surface area contributed by atoms with E-state index < -0.39 is 24.2 Å². The molecule has 0 aliphatic heterocycles. The maximum Gasteiger partial charge on any atom is 0.249 e. The number of aliphatic hydroxyl groups is 3. The first-order valence-electron chi connectivity index (χ1n) is 17.8. The number of nitrogens with one attached hydrogen (secondary N) is 1. The lowest BCUT2D eigenvalue weighted by Crippen LogP contribution is -2.48. The second-order valence-corrected chi connectivity index (χ2v) is 12.1. The molecule has 1 amide bonds. The van der Waals surface area contributed by atoms with Crippen LogP contribution in [-0.2, 0) is 4.79 Å². The zero-order chi connectivity index (χ0) is 30.9. The van der Waals surface area contributed by atoms with Crippen molar-refractivity contribution in [3.05, 3.63) is 36.5 Å². The lowest BCUT2D eigenvalue weighted by atomic mass is 10.0. The highest BCUT2D eigenvalue weighted by Gasteiger charge is 2.22. The van der Waals surface area contributed by atoms with Gasteiger partial charge in [-0.05, 0) is 51.4 Å². The molecule has 0 bridgehead atoms. The van der Waals surface area contributed by atoms with Gasteiger partial charge in [0.2, 0.25) is 5.91 Å². The molecule has 5 heteroatoms. The highest BCUT2D eigenvalue weighted by Crippen LogP contribution is 2.13. The SMILES string of the molecule is CCCCCC/C=C\CCC(O)C(=O)NC(CO)C(O)/C=C/CC/C=C/CCCCCCCCCCCCCCCC. The van der Waals surface area contributed by atoms with Gasteiger partial charge in [0.15, 0.2) is 0 Å². The number of hydrogen-bond donors (Lipinski definition) is 4. The summed E-state index contributed by atoms with van der Waals surface area (Å²) in [7, 11) is 0. The molecule has 0 aromatic rings. The maximum atomic E-state index is 12.3. The van der Waals surface area contributed by atoms with Crippen LogP contribution in [0, 0.1) is 0 Å². The van der Waals surface area contributed by atoms with Crippen molar-refractivity contribution in [1.82, 2.24) is 5.32 Å². The third-order valence-electron chi connectivity index (χ3n) is 7.96. The van der Waals surface area contributed by atoms with Gasteiger partial charge < -0.3 is 20.6 Å². The quantitative estimate of drug-likeness (QED) is 0.0478. The smallest absolute Gasteiger partial charge is 0.249 e. The number of amides is 1. The molecule has 3 atom stereocenters. The highest BCUT2D eigenvalue weighted by molar-refractivity contribution is 5.80. The van der Waals surface area contributed by atoms with Crippen LogP contribution in [0.15, 0.2) is 36.5 Å². The van der Waals surface area contributed by atoms with Crippen molar-refractivity contribution in [1.29, 1.82) is 0 Å². The van der Waals surface area contributed by atoms with E-state index in [1.54, 1.807) is 6.08 Å². The summed E-state index contributed by atoms with van der Waals surface area (Å²) in [6.07, 6.45) is 39.0. The molecule has 4 N–H and O–H groups in total. The second kappa shape index (κ2) is 32.5. The van der Waals surface area contributed by atoms with Gasteiger partial charge in [0.25, 0.3) is 0 Å². The van der Waals surface area contributed by atoms with Gasteiger partial charge in [-0.3, -0.25) is 4.79 Å². The number of allylic oxidation sites excluding steroid dienone is 5. The minimum absolute atomic E-state index is 0.326. The first kappa shape index (κ1) is 40.6. The van der Waals surface area contributed by atoms with Crippen molar-refractivity contribution in [3.8, 4) is 0 Å². The zero-order valence-electron chi connectivity index (χ0n) is 27.6. The molecular formula is C37H69NO4. The topological polar surface area (TPSA) is 89.8 Å². The van der Waals surface area contributed by atoms with Gasteiger partial charge in [-0.15, -0.1) is 0 Å². The van der Waals surface area contributed by atoms with Crippen molar-refractivity contribution >= 4 is 5.91 Å². The van der Waals surface area contributed by atoms with Gasteiger partial charge in [0, 0.05) is 0 Å². The van der Waals surface area contributed by atoms with Crippen molar-refractivity contribution in [2.45, 2.75) is 186 Å². The van der Waals surface area contributed by atoms with E-state index in [2.05, 4.69) is 37.4 Å². The predicted molar refractivity (Wildman–Crippen MR) is 181 cm³/mol. The molecule has 5 nitrogen and oxygen atoms in total. The first-order chi connectivity index (χ1) is 20.6.